The number of furan rings is 1. The van der Waals surface area contributed by atoms with Crippen LogP contribution >= 0.6 is 31.9 Å². The van der Waals surface area contributed by atoms with E-state index >= 15 is 0 Å². The van der Waals surface area contributed by atoms with E-state index in [1.54, 1.807) is 30.3 Å². The molecule has 176 valence electrons. The van der Waals surface area contributed by atoms with Gasteiger partial charge in [-0.1, -0.05) is 0 Å². The van der Waals surface area contributed by atoms with Crippen molar-refractivity contribution in [1.82, 2.24) is 9.78 Å². The number of amides is 1. The number of aromatic nitrogens is 2. The number of carbonyl (C=O) groups is 1. The lowest BCUT2D eigenvalue weighted by Gasteiger charge is -2.32. The molecule has 3 aromatic rings. The van der Waals surface area contributed by atoms with Crippen molar-refractivity contribution in [3.8, 4) is 11.5 Å². The monoisotopic (exact) mass is 592 g/mol. The van der Waals surface area contributed by atoms with E-state index in [4.69, 9.17) is 13.9 Å². The van der Waals surface area contributed by atoms with Crippen molar-refractivity contribution in [3.63, 3.8) is 0 Å². The molecule has 2 N–H and O–H groups in total. The normalized spacial score (nSPS) is 17.8. The molecule has 0 radical (unpaired) electrons. The Kier molecular flexibility index (Phi) is 6.36. The highest BCUT2D eigenvalue weighted by molar-refractivity contribution is 9.10. The molecule has 1 aliphatic heterocycles. The maximum atomic E-state index is 13.9. The summed E-state index contributed by atoms with van der Waals surface area (Å²) in [7, 11) is 2.90. The molecule has 8 nitrogen and oxygen atoms in total. The van der Waals surface area contributed by atoms with Crippen LogP contribution < -0.4 is 20.1 Å². The van der Waals surface area contributed by atoms with Crippen LogP contribution in [0.1, 0.15) is 34.8 Å². The van der Waals surface area contributed by atoms with Gasteiger partial charge in [-0.05, 0) is 56.1 Å². The van der Waals surface area contributed by atoms with Gasteiger partial charge < -0.3 is 24.5 Å². The van der Waals surface area contributed by atoms with E-state index in [2.05, 4.69) is 47.6 Å². The largest absolute Gasteiger partial charge is 0.497 e. The van der Waals surface area contributed by atoms with Gasteiger partial charge in [0.25, 0.3) is 5.91 Å². The minimum absolute atomic E-state index is 0.0212. The second-order valence-electron chi connectivity index (χ2n) is 7.11. The molecule has 0 spiro atoms. The van der Waals surface area contributed by atoms with E-state index in [1.807, 2.05) is 0 Å². The molecule has 0 unspecified atom stereocenters. The summed E-state index contributed by atoms with van der Waals surface area (Å²) in [4.78, 5) is 12.9. The van der Waals surface area contributed by atoms with Gasteiger partial charge in [0, 0.05) is 12.5 Å². The number of halogens is 5. The van der Waals surface area contributed by atoms with Crippen LogP contribution in [0.2, 0.25) is 0 Å². The Morgan fingerprint density at radius 2 is 2.00 bits per heavy atom. The summed E-state index contributed by atoms with van der Waals surface area (Å²) in [5.74, 6) is 0.457. The van der Waals surface area contributed by atoms with E-state index in [0.717, 1.165) is 4.68 Å². The van der Waals surface area contributed by atoms with Crippen LogP contribution in [-0.4, -0.2) is 36.1 Å². The number of ether oxygens (including phenoxy) is 2. The summed E-state index contributed by atoms with van der Waals surface area (Å²) >= 11 is 6.40. The number of hydrogen-bond acceptors (Lipinski definition) is 6. The molecule has 1 amide bonds. The average Bonchev–Trinajstić information content (AvgIpc) is 3.36. The Labute approximate surface area is 202 Å². The quantitative estimate of drug-likeness (QED) is 0.381. The first-order chi connectivity index (χ1) is 15.6. The fraction of sp³-hybridized carbons (Fsp3) is 0.300. The smallest absolute Gasteiger partial charge is 0.410 e. The average molecular weight is 594 g/mol. The van der Waals surface area contributed by atoms with Crippen LogP contribution in [0, 0.1) is 0 Å². The minimum Gasteiger partial charge on any atom is -0.497 e. The highest BCUT2D eigenvalue weighted by Gasteiger charge is 2.48. The maximum Gasteiger partial charge on any atom is 0.410 e. The molecule has 33 heavy (non-hydrogen) atoms. The summed E-state index contributed by atoms with van der Waals surface area (Å²) in [5.41, 5.74) is 0.0886. The van der Waals surface area contributed by atoms with E-state index in [-0.39, 0.29) is 22.4 Å². The van der Waals surface area contributed by atoms with Crippen molar-refractivity contribution in [1.29, 1.82) is 0 Å². The third-order valence-corrected chi connectivity index (χ3v) is 6.28. The van der Waals surface area contributed by atoms with Crippen LogP contribution in [-0.2, 0) is 0 Å². The van der Waals surface area contributed by atoms with Crippen molar-refractivity contribution in [2.75, 3.05) is 24.9 Å². The van der Waals surface area contributed by atoms with Crippen LogP contribution in [0.4, 0.5) is 24.7 Å². The molecule has 2 aromatic heterocycles. The van der Waals surface area contributed by atoms with E-state index in [9.17, 15) is 18.0 Å². The molecule has 3 heterocycles. The third-order valence-electron chi connectivity index (χ3n) is 5.11. The lowest BCUT2D eigenvalue weighted by molar-refractivity contribution is -0.174. The Morgan fingerprint density at radius 1 is 1.24 bits per heavy atom. The molecular weight excluding hydrogens is 577 g/mol. The zero-order valence-corrected chi connectivity index (χ0v) is 20.3. The molecular formula is C20H17Br2F3N4O4. The number of anilines is 2. The number of nitrogens with zero attached hydrogens (tertiary/aromatic N) is 2. The Balaban J connectivity index is 1.69. The van der Waals surface area contributed by atoms with Crippen molar-refractivity contribution < 1.29 is 31.9 Å². The summed E-state index contributed by atoms with van der Waals surface area (Å²) < 4.78 is 58.8. The predicted octanol–water partition coefficient (Wildman–Crippen LogP) is 5.93. The van der Waals surface area contributed by atoms with Crippen molar-refractivity contribution in [3.05, 3.63) is 50.9 Å². The highest BCUT2D eigenvalue weighted by Crippen LogP contribution is 2.46. The van der Waals surface area contributed by atoms with Crippen LogP contribution in [0.5, 0.6) is 11.5 Å². The van der Waals surface area contributed by atoms with Gasteiger partial charge in [0.1, 0.15) is 23.1 Å². The molecule has 1 aromatic carbocycles. The van der Waals surface area contributed by atoms with Gasteiger partial charge in [-0.2, -0.15) is 18.3 Å². The van der Waals surface area contributed by atoms with Crippen molar-refractivity contribution in [2.45, 2.75) is 24.7 Å². The Bertz CT molecular complexity index is 1190. The summed E-state index contributed by atoms with van der Waals surface area (Å²) in [5, 5.41) is 9.60. The third kappa shape index (κ3) is 4.56. The van der Waals surface area contributed by atoms with Gasteiger partial charge in [-0.3, -0.25) is 4.79 Å². The first-order valence-electron chi connectivity index (χ1n) is 9.52. The Hall–Kier alpha value is -2.67. The summed E-state index contributed by atoms with van der Waals surface area (Å²) in [6, 6.07) is 5.17. The first kappa shape index (κ1) is 23.5. The first-order valence-corrected chi connectivity index (χ1v) is 11.1. The van der Waals surface area contributed by atoms with Gasteiger partial charge in [-0.25, -0.2) is 4.68 Å². The number of carbonyl (C=O) groups excluding carboxylic acids is 1. The molecule has 0 saturated carbocycles. The predicted molar refractivity (Wildman–Crippen MR) is 120 cm³/mol. The molecule has 4 rings (SSSR count). The number of methoxy groups -OCH3 is 2. The van der Waals surface area contributed by atoms with E-state index in [1.165, 1.54) is 14.2 Å². The fourth-order valence-corrected chi connectivity index (χ4v) is 4.39. The standard InChI is InChI=1S/C20H17Br2F3N4O4/c1-31-9-3-4-10(13(7-9)32-2)27-19(30)17-16(22)18-26-11(12-5-6-15(21)33-12)8-14(20(23,24)25)29(18)28-17/h3-7,11,14,26H,8H2,1-2H3,(H,27,30)/t11-,14-/m1/s1. The molecule has 0 fully saturated rings. The zero-order valence-electron chi connectivity index (χ0n) is 17.2. The Morgan fingerprint density at radius 3 is 2.61 bits per heavy atom. The molecule has 1 aliphatic rings. The molecule has 0 saturated heterocycles. The van der Waals surface area contributed by atoms with Gasteiger partial charge in [-0.15, -0.1) is 0 Å². The van der Waals surface area contributed by atoms with Gasteiger partial charge in [0.15, 0.2) is 16.4 Å². The topological polar surface area (TPSA) is 90.5 Å². The lowest BCUT2D eigenvalue weighted by atomic mass is 10.0. The number of fused-ring (bicyclic) bond motifs is 1. The molecule has 0 aliphatic carbocycles. The van der Waals surface area contributed by atoms with Crippen molar-refractivity contribution in [2.24, 2.45) is 0 Å². The minimum atomic E-state index is -4.60. The van der Waals surface area contributed by atoms with Crippen molar-refractivity contribution >= 4 is 49.3 Å². The zero-order chi connectivity index (χ0) is 23.9. The molecule has 0 bridgehead atoms. The van der Waals surface area contributed by atoms with Gasteiger partial charge >= 0.3 is 6.18 Å². The van der Waals surface area contributed by atoms with Gasteiger partial charge in [0.05, 0.1) is 30.4 Å². The number of hydrogen-bond donors (Lipinski definition) is 2. The number of alkyl halides is 3. The number of rotatable bonds is 5. The van der Waals surface area contributed by atoms with E-state index in [0.29, 0.717) is 27.6 Å². The summed E-state index contributed by atoms with van der Waals surface area (Å²) in [6.07, 6.45) is -4.96. The maximum absolute atomic E-state index is 13.9. The van der Waals surface area contributed by atoms with Crippen LogP contribution in [0.15, 0.2) is 43.9 Å². The molecule has 2 atom stereocenters. The van der Waals surface area contributed by atoms with Crippen LogP contribution in [0.3, 0.4) is 0 Å². The fourth-order valence-electron chi connectivity index (χ4n) is 3.52. The van der Waals surface area contributed by atoms with E-state index < -0.39 is 24.2 Å². The number of benzene rings is 1. The van der Waals surface area contributed by atoms with Crippen LogP contribution in [0.25, 0.3) is 0 Å². The SMILES string of the molecule is COc1ccc(NC(=O)c2nn3c(c2Br)N[C@@H](c2ccc(Br)o2)C[C@@H]3C(F)(F)F)c(OC)c1. The summed E-state index contributed by atoms with van der Waals surface area (Å²) in [6.45, 7) is 0. The highest BCUT2D eigenvalue weighted by atomic mass is 79.9. The lowest BCUT2D eigenvalue weighted by Crippen LogP contribution is -2.35. The second kappa shape index (κ2) is 8.93. The number of nitrogens with one attached hydrogen (secondary N) is 2. The van der Waals surface area contributed by atoms with Gasteiger partial charge in [0.2, 0.25) is 0 Å². The molecule has 13 heteroatoms. The second-order valence-corrected chi connectivity index (χ2v) is 8.68.